The molecule has 25 heavy (non-hydrogen) atoms. The van der Waals surface area contributed by atoms with E-state index < -0.39 is 60.3 Å². The van der Waals surface area contributed by atoms with E-state index in [-0.39, 0.29) is 0 Å². The zero-order chi connectivity index (χ0) is 19.1. The van der Waals surface area contributed by atoms with Crippen molar-refractivity contribution in [2.45, 2.75) is 51.5 Å². The number of hydrogen-bond acceptors (Lipinski definition) is 11. The summed E-state index contributed by atoms with van der Waals surface area (Å²) < 4.78 is 25.7. The Bertz CT molecular complexity index is 522. The molecule has 0 aromatic carbocycles. The number of ether oxygens (including phenoxy) is 5. The average Bonchev–Trinajstić information content (AvgIpc) is 2.48. The highest BCUT2D eigenvalue weighted by atomic mass is 17.0. The lowest BCUT2D eigenvalue weighted by Crippen LogP contribution is -2.62. The topological polar surface area (TPSA) is 150 Å². The molecule has 1 rings (SSSR count). The Kier molecular flexibility index (Phi) is 7.51. The van der Waals surface area contributed by atoms with Crippen molar-refractivity contribution in [2.75, 3.05) is 13.7 Å². The van der Waals surface area contributed by atoms with Gasteiger partial charge in [0.05, 0.1) is 0 Å². The van der Waals surface area contributed by atoms with Gasteiger partial charge in [0.15, 0.2) is 24.6 Å². The largest absolute Gasteiger partial charge is 0.456 e. The van der Waals surface area contributed by atoms with Gasteiger partial charge in [-0.25, -0.2) is 0 Å². The molecule has 0 spiro atoms. The summed E-state index contributed by atoms with van der Waals surface area (Å²) in [5, 5.41) is 9.36. The lowest BCUT2D eigenvalue weighted by Gasteiger charge is -2.43. The van der Waals surface area contributed by atoms with E-state index >= 15 is 0 Å². The van der Waals surface area contributed by atoms with E-state index in [1.807, 2.05) is 0 Å². The van der Waals surface area contributed by atoms with Gasteiger partial charge in [-0.1, -0.05) is 0 Å². The summed E-state index contributed by atoms with van der Waals surface area (Å²) in [6, 6.07) is 0. The van der Waals surface area contributed by atoms with Crippen molar-refractivity contribution < 1.29 is 48.0 Å². The Morgan fingerprint density at radius 2 is 1.44 bits per heavy atom. The van der Waals surface area contributed by atoms with E-state index in [0.717, 1.165) is 20.8 Å². The lowest BCUT2D eigenvalue weighted by atomic mass is 9.98. The molecule has 1 heterocycles. The van der Waals surface area contributed by atoms with Crippen LogP contribution in [0, 0.1) is 10.1 Å². The molecule has 0 bridgehead atoms. The predicted molar refractivity (Wildman–Crippen MR) is 75.3 cm³/mol. The van der Waals surface area contributed by atoms with Gasteiger partial charge in [0.2, 0.25) is 0 Å². The van der Waals surface area contributed by atoms with Crippen LogP contribution in [0.15, 0.2) is 0 Å². The molecule has 12 heteroatoms. The normalized spacial score (nSPS) is 28.6. The fourth-order valence-electron chi connectivity index (χ4n) is 2.31. The van der Waals surface area contributed by atoms with Crippen molar-refractivity contribution in [2.24, 2.45) is 0 Å². The summed E-state index contributed by atoms with van der Waals surface area (Å²) in [5.74, 6) is -2.26. The molecule has 0 N–H and O–H groups in total. The molecule has 0 amide bonds. The second-order valence-electron chi connectivity index (χ2n) is 5.02. The third-order valence-electron chi connectivity index (χ3n) is 3.07. The zero-order valence-electron chi connectivity index (χ0n) is 14.0. The molecule has 1 aliphatic heterocycles. The first-order chi connectivity index (χ1) is 11.6. The maximum absolute atomic E-state index is 11.4. The highest BCUT2D eigenvalue weighted by Gasteiger charge is 2.52. The summed E-state index contributed by atoms with van der Waals surface area (Å²) in [5.41, 5.74) is 0. The number of methoxy groups -OCH3 is 1. The molecule has 0 aromatic heterocycles. The fourth-order valence-corrected chi connectivity index (χ4v) is 2.31. The molecule has 5 atom stereocenters. The summed E-state index contributed by atoms with van der Waals surface area (Å²) in [6.45, 7) is 2.66. The average molecular weight is 365 g/mol. The van der Waals surface area contributed by atoms with Gasteiger partial charge in [0.1, 0.15) is 12.7 Å². The Morgan fingerprint density at radius 1 is 0.960 bits per heavy atom. The Hall–Kier alpha value is -2.47. The van der Waals surface area contributed by atoms with Gasteiger partial charge in [0, 0.05) is 27.9 Å². The van der Waals surface area contributed by atoms with E-state index in [1.165, 1.54) is 7.11 Å². The molecule has 1 saturated heterocycles. The van der Waals surface area contributed by atoms with Crippen molar-refractivity contribution in [1.29, 1.82) is 0 Å². The van der Waals surface area contributed by atoms with Gasteiger partial charge in [-0.05, 0) is 0 Å². The smallest absolute Gasteiger partial charge is 0.303 e. The second-order valence-corrected chi connectivity index (χ2v) is 5.02. The maximum atomic E-state index is 11.4. The van der Waals surface area contributed by atoms with Crippen molar-refractivity contribution >= 4 is 17.9 Å². The van der Waals surface area contributed by atoms with Crippen molar-refractivity contribution in [3.63, 3.8) is 0 Å². The van der Waals surface area contributed by atoms with E-state index in [9.17, 15) is 24.5 Å². The van der Waals surface area contributed by atoms with Crippen LogP contribution in [0.4, 0.5) is 0 Å². The first kappa shape index (κ1) is 20.6. The molecule has 0 aliphatic carbocycles. The molecular weight excluding hydrogens is 346 g/mol. The Labute approximate surface area is 142 Å². The highest BCUT2D eigenvalue weighted by Crippen LogP contribution is 2.29. The molecule has 0 aromatic rings. The summed E-state index contributed by atoms with van der Waals surface area (Å²) in [7, 11) is 1.23. The highest BCUT2D eigenvalue weighted by molar-refractivity contribution is 5.68. The quantitative estimate of drug-likeness (QED) is 0.245. The standard InChI is InChI=1S/C13H19NO11/c1-6(15)22-10-9(5-21-14(18)19)25-13(20-4)12(24-8(3)17)11(10)23-7(2)16/h9-13H,5H2,1-4H3. The van der Waals surface area contributed by atoms with Crippen molar-refractivity contribution in [1.82, 2.24) is 0 Å². The third-order valence-corrected chi connectivity index (χ3v) is 3.07. The number of hydrogen-bond donors (Lipinski definition) is 0. The molecule has 5 unspecified atom stereocenters. The minimum absolute atomic E-state index is 0.630. The third kappa shape index (κ3) is 6.15. The first-order valence-electron chi connectivity index (χ1n) is 7.13. The lowest BCUT2D eigenvalue weighted by molar-refractivity contribution is -0.760. The van der Waals surface area contributed by atoms with Crippen LogP contribution in [-0.4, -0.2) is 67.4 Å². The molecule has 1 aliphatic rings. The van der Waals surface area contributed by atoms with Crippen LogP contribution >= 0.6 is 0 Å². The number of esters is 3. The van der Waals surface area contributed by atoms with Crippen LogP contribution in [0.2, 0.25) is 0 Å². The predicted octanol–water partition coefficient (Wildman–Crippen LogP) is -0.639. The minimum Gasteiger partial charge on any atom is -0.456 e. The van der Waals surface area contributed by atoms with Crippen LogP contribution in [0.3, 0.4) is 0 Å². The van der Waals surface area contributed by atoms with E-state index in [1.54, 1.807) is 0 Å². The summed E-state index contributed by atoms with van der Waals surface area (Å²) in [6.07, 6.45) is -6.35. The van der Waals surface area contributed by atoms with Crippen LogP contribution in [0.1, 0.15) is 20.8 Å². The van der Waals surface area contributed by atoms with Crippen LogP contribution in [0.5, 0.6) is 0 Å². The Morgan fingerprint density at radius 3 is 1.88 bits per heavy atom. The van der Waals surface area contributed by atoms with Crippen molar-refractivity contribution in [3.8, 4) is 0 Å². The molecule has 0 saturated carbocycles. The van der Waals surface area contributed by atoms with Crippen molar-refractivity contribution in [3.05, 3.63) is 10.1 Å². The number of carbonyl (C=O) groups excluding carboxylic acids is 3. The molecule has 0 radical (unpaired) electrons. The van der Waals surface area contributed by atoms with Gasteiger partial charge >= 0.3 is 17.9 Å². The number of rotatable bonds is 7. The first-order valence-corrected chi connectivity index (χ1v) is 7.13. The monoisotopic (exact) mass is 365 g/mol. The Balaban J connectivity index is 3.18. The minimum atomic E-state index is -1.32. The number of nitrogens with zero attached hydrogens (tertiary/aromatic N) is 1. The van der Waals surface area contributed by atoms with E-state index in [4.69, 9.17) is 23.7 Å². The van der Waals surface area contributed by atoms with Crippen LogP contribution < -0.4 is 0 Å². The number of carbonyl (C=O) groups is 3. The van der Waals surface area contributed by atoms with Crippen LogP contribution in [0.25, 0.3) is 0 Å². The summed E-state index contributed by atoms with van der Waals surface area (Å²) >= 11 is 0. The van der Waals surface area contributed by atoms with E-state index in [0.29, 0.717) is 0 Å². The molecular formula is C13H19NO11. The molecule has 1 fully saturated rings. The van der Waals surface area contributed by atoms with Gasteiger partial charge < -0.3 is 28.5 Å². The van der Waals surface area contributed by atoms with Gasteiger partial charge in [-0.3, -0.25) is 14.4 Å². The molecule has 142 valence electrons. The SMILES string of the molecule is COC1OC(CO[N+](=O)[O-])C(OC(C)=O)C(OC(C)=O)C1OC(C)=O. The second kappa shape index (κ2) is 9.13. The van der Waals surface area contributed by atoms with Gasteiger partial charge in [-0.2, -0.15) is 0 Å². The fraction of sp³-hybridized carbons (Fsp3) is 0.769. The van der Waals surface area contributed by atoms with Gasteiger partial charge in [-0.15, -0.1) is 10.1 Å². The van der Waals surface area contributed by atoms with Gasteiger partial charge in [0.25, 0.3) is 5.09 Å². The molecule has 12 nitrogen and oxygen atoms in total. The van der Waals surface area contributed by atoms with Crippen LogP contribution in [-0.2, 0) is 42.9 Å². The maximum Gasteiger partial charge on any atom is 0.303 e. The zero-order valence-corrected chi connectivity index (χ0v) is 14.0. The summed E-state index contributed by atoms with van der Waals surface area (Å²) in [4.78, 5) is 48.8. The van der Waals surface area contributed by atoms with E-state index in [2.05, 4.69) is 4.84 Å².